The van der Waals surface area contributed by atoms with Gasteiger partial charge in [0.2, 0.25) is 5.91 Å². The summed E-state index contributed by atoms with van der Waals surface area (Å²) in [5.41, 5.74) is 0.225. The molecule has 5 nitrogen and oxygen atoms in total. The molecule has 1 rings (SSSR count). The van der Waals surface area contributed by atoms with Crippen LogP contribution >= 0.6 is 0 Å². The molecule has 0 heterocycles. The van der Waals surface area contributed by atoms with Gasteiger partial charge in [-0.15, -0.1) is 0 Å². The van der Waals surface area contributed by atoms with Crippen LogP contribution in [-0.2, 0) is 4.79 Å². The molecule has 92 valence electrons. The number of nitrogens with one attached hydrogen (secondary N) is 1. The summed E-state index contributed by atoms with van der Waals surface area (Å²) in [6.07, 6.45) is 1.05. The minimum Gasteiger partial charge on any atom is -0.494 e. The fourth-order valence-corrected chi connectivity index (χ4v) is 1.24. The third kappa shape index (κ3) is 4.55. The summed E-state index contributed by atoms with van der Waals surface area (Å²) in [5.74, 6) is -0.377. The van der Waals surface area contributed by atoms with Gasteiger partial charge in [0.15, 0.2) is 0 Å². The summed E-state index contributed by atoms with van der Waals surface area (Å²) < 4.78 is 5.36. The fourth-order valence-electron chi connectivity index (χ4n) is 1.24. The van der Waals surface area contributed by atoms with Gasteiger partial charge in [-0.25, -0.2) is 4.79 Å². The Balaban J connectivity index is 2.32. The van der Waals surface area contributed by atoms with Gasteiger partial charge in [-0.3, -0.25) is 4.79 Å². The van der Waals surface area contributed by atoms with Crippen molar-refractivity contribution >= 4 is 11.9 Å². The molecule has 0 saturated heterocycles. The number of carboxylic acid groups (broad SMARTS) is 1. The SMILES string of the molecule is CNC(=O)CCCOc1ccc(C(=O)O)cc1. The zero-order valence-corrected chi connectivity index (χ0v) is 9.60. The number of hydrogen-bond donors (Lipinski definition) is 2. The van der Waals surface area contributed by atoms with Crippen LogP contribution in [-0.4, -0.2) is 30.6 Å². The molecule has 1 aromatic carbocycles. The van der Waals surface area contributed by atoms with Gasteiger partial charge in [0.25, 0.3) is 0 Å². The van der Waals surface area contributed by atoms with Crippen molar-refractivity contribution in [1.29, 1.82) is 0 Å². The monoisotopic (exact) mass is 237 g/mol. The number of carbonyl (C=O) groups is 2. The lowest BCUT2D eigenvalue weighted by atomic mass is 10.2. The highest BCUT2D eigenvalue weighted by Crippen LogP contribution is 2.12. The maximum atomic E-state index is 10.9. The van der Waals surface area contributed by atoms with Crippen molar-refractivity contribution < 1.29 is 19.4 Å². The van der Waals surface area contributed by atoms with Gasteiger partial charge in [-0.1, -0.05) is 0 Å². The number of ether oxygens (including phenoxy) is 1. The van der Waals surface area contributed by atoms with Crippen molar-refractivity contribution in [2.24, 2.45) is 0 Å². The van der Waals surface area contributed by atoms with E-state index in [0.29, 0.717) is 25.2 Å². The molecule has 0 bridgehead atoms. The van der Waals surface area contributed by atoms with Gasteiger partial charge in [0.1, 0.15) is 5.75 Å². The number of aromatic carboxylic acids is 1. The van der Waals surface area contributed by atoms with E-state index in [1.165, 1.54) is 12.1 Å². The van der Waals surface area contributed by atoms with Crippen molar-refractivity contribution in [1.82, 2.24) is 5.32 Å². The molecule has 0 radical (unpaired) electrons. The smallest absolute Gasteiger partial charge is 0.335 e. The Labute approximate surface area is 99.4 Å². The van der Waals surface area contributed by atoms with Gasteiger partial charge < -0.3 is 15.2 Å². The van der Waals surface area contributed by atoms with E-state index in [2.05, 4.69) is 5.32 Å². The first-order valence-electron chi connectivity index (χ1n) is 5.30. The van der Waals surface area contributed by atoms with Crippen LogP contribution in [0.25, 0.3) is 0 Å². The van der Waals surface area contributed by atoms with Crippen molar-refractivity contribution in [2.75, 3.05) is 13.7 Å². The van der Waals surface area contributed by atoms with E-state index in [1.54, 1.807) is 19.2 Å². The summed E-state index contributed by atoms with van der Waals surface area (Å²) in [5, 5.41) is 11.2. The second kappa shape index (κ2) is 6.52. The molecule has 0 aromatic heterocycles. The number of hydrogen-bond acceptors (Lipinski definition) is 3. The second-order valence-electron chi connectivity index (χ2n) is 3.45. The molecule has 1 aromatic rings. The molecular formula is C12H15NO4. The van der Waals surface area contributed by atoms with E-state index in [-0.39, 0.29) is 11.5 Å². The normalized spacial score (nSPS) is 9.71. The Bertz CT molecular complexity index is 386. The molecule has 0 spiro atoms. The molecule has 0 unspecified atom stereocenters. The van der Waals surface area contributed by atoms with Crippen LogP contribution in [0.4, 0.5) is 0 Å². The first kappa shape index (κ1) is 13.0. The highest BCUT2D eigenvalue weighted by Gasteiger charge is 2.02. The molecule has 2 N–H and O–H groups in total. The highest BCUT2D eigenvalue weighted by atomic mass is 16.5. The average Bonchev–Trinajstić information content (AvgIpc) is 2.34. The average molecular weight is 237 g/mol. The summed E-state index contributed by atoms with van der Waals surface area (Å²) in [6.45, 7) is 0.430. The van der Waals surface area contributed by atoms with E-state index in [9.17, 15) is 9.59 Å². The van der Waals surface area contributed by atoms with Gasteiger partial charge in [0, 0.05) is 13.5 Å². The predicted octanol–water partition coefficient (Wildman–Crippen LogP) is 1.29. The first-order chi connectivity index (χ1) is 8.13. The Morgan fingerprint density at radius 3 is 2.47 bits per heavy atom. The van der Waals surface area contributed by atoms with Crippen molar-refractivity contribution in [3.05, 3.63) is 29.8 Å². The van der Waals surface area contributed by atoms with Crippen molar-refractivity contribution in [3.63, 3.8) is 0 Å². The quantitative estimate of drug-likeness (QED) is 0.731. The summed E-state index contributed by atoms with van der Waals surface area (Å²) in [6, 6.07) is 6.17. The van der Waals surface area contributed by atoms with Gasteiger partial charge >= 0.3 is 5.97 Å². The van der Waals surface area contributed by atoms with Crippen molar-refractivity contribution in [3.8, 4) is 5.75 Å². The Morgan fingerprint density at radius 1 is 1.29 bits per heavy atom. The lowest BCUT2D eigenvalue weighted by Gasteiger charge is -2.05. The lowest BCUT2D eigenvalue weighted by molar-refractivity contribution is -0.120. The molecule has 0 saturated carbocycles. The minimum absolute atomic E-state index is 0.0187. The molecule has 17 heavy (non-hydrogen) atoms. The van der Waals surface area contributed by atoms with Crippen LogP contribution < -0.4 is 10.1 Å². The molecule has 0 aliphatic carbocycles. The number of amides is 1. The van der Waals surface area contributed by atoms with E-state index < -0.39 is 5.97 Å². The number of benzene rings is 1. The molecular weight excluding hydrogens is 222 g/mol. The van der Waals surface area contributed by atoms with Gasteiger partial charge in [-0.05, 0) is 30.7 Å². The topological polar surface area (TPSA) is 75.6 Å². The first-order valence-corrected chi connectivity index (χ1v) is 5.30. The zero-order chi connectivity index (χ0) is 12.7. The number of carboxylic acids is 1. The van der Waals surface area contributed by atoms with E-state index in [1.807, 2.05) is 0 Å². The molecule has 5 heteroatoms. The van der Waals surface area contributed by atoms with Crippen LogP contribution in [0.15, 0.2) is 24.3 Å². The van der Waals surface area contributed by atoms with Crippen LogP contribution in [0, 0.1) is 0 Å². The summed E-state index contributed by atoms with van der Waals surface area (Å²) in [4.78, 5) is 21.5. The van der Waals surface area contributed by atoms with Gasteiger partial charge in [0.05, 0.1) is 12.2 Å². The standard InChI is InChI=1S/C12H15NO4/c1-13-11(14)3-2-8-17-10-6-4-9(5-7-10)12(15)16/h4-7H,2-3,8H2,1H3,(H,13,14)(H,15,16). The molecule has 0 aliphatic rings. The summed E-state index contributed by atoms with van der Waals surface area (Å²) in [7, 11) is 1.59. The molecule has 1 amide bonds. The highest BCUT2D eigenvalue weighted by molar-refractivity contribution is 5.87. The minimum atomic E-state index is -0.962. The maximum Gasteiger partial charge on any atom is 0.335 e. The third-order valence-corrected chi connectivity index (χ3v) is 2.20. The molecule has 0 atom stereocenters. The third-order valence-electron chi connectivity index (χ3n) is 2.20. The van der Waals surface area contributed by atoms with Crippen LogP contribution in [0.1, 0.15) is 23.2 Å². The van der Waals surface area contributed by atoms with E-state index in [4.69, 9.17) is 9.84 Å². The van der Waals surface area contributed by atoms with Crippen LogP contribution in [0.3, 0.4) is 0 Å². The van der Waals surface area contributed by atoms with E-state index in [0.717, 1.165) is 0 Å². The lowest BCUT2D eigenvalue weighted by Crippen LogP contribution is -2.18. The number of carbonyl (C=O) groups excluding carboxylic acids is 1. The van der Waals surface area contributed by atoms with Gasteiger partial charge in [-0.2, -0.15) is 0 Å². The largest absolute Gasteiger partial charge is 0.494 e. The Hall–Kier alpha value is -2.04. The zero-order valence-electron chi connectivity index (χ0n) is 9.60. The van der Waals surface area contributed by atoms with Crippen LogP contribution in [0.5, 0.6) is 5.75 Å². The Morgan fingerprint density at radius 2 is 1.94 bits per heavy atom. The fraction of sp³-hybridized carbons (Fsp3) is 0.333. The molecule has 0 fully saturated rings. The predicted molar refractivity (Wildman–Crippen MR) is 62.2 cm³/mol. The van der Waals surface area contributed by atoms with Crippen molar-refractivity contribution in [2.45, 2.75) is 12.8 Å². The summed E-state index contributed by atoms with van der Waals surface area (Å²) >= 11 is 0. The van der Waals surface area contributed by atoms with Crippen LogP contribution in [0.2, 0.25) is 0 Å². The second-order valence-corrected chi connectivity index (χ2v) is 3.45. The number of rotatable bonds is 6. The maximum absolute atomic E-state index is 10.9. The molecule has 0 aliphatic heterocycles. The Kier molecular flexibility index (Phi) is 5.00. The van der Waals surface area contributed by atoms with E-state index >= 15 is 0 Å².